The molecule has 2 heterocycles. The fourth-order valence-electron chi connectivity index (χ4n) is 3.10. The van der Waals surface area contributed by atoms with E-state index < -0.39 is 6.04 Å². The van der Waals surface area contributed by atoms with Crippen molar-refractivity contribution in [3.05, 3.63) is 41.1 Å². The summed E-state index contributed by atoms with van der Waals surface area (Å²) in [5.41, 5.74) is 2.16. The van der Waals surface area contributed by atoms with E-state index in [1.165, 1.54) is 7.11 Å². The number of thioether (sulfide) groups is 1. The molecular weight excluding hydrogens is 376 g/mol. The summed E-state index contributed by atoms with van der Waals surface area (Å²) in [6.07, 6.45) is 2.23. The lowest BCUT2D eigenvalue weighted by atomic mass is 9.96. The highest BCUT2D eigenvalue weighted by Gasteiger charge is 2.34. The average molecular weight is 403 g/mol. The first-order valence-electron chi connectivity index (χ1n) is 9.47. The Morgan fingerprint density at radius 3 is 2.68 bits per heavy atom. The van der Waals surface area contributed by atoms with Gasteiger partial charge in [-0.1, -0.05) is 37.2 Å². The molecule has 0 aliphatic carbocycles. The molecular formula is C20H26N4O3S. The van der Waals surface area contributed by atoms with Gasteiger partial charge in [0.15, 0.2) is 0 Å². The van der Waals surface area contributed by atoms with Crippen LogP contribution in [0.2, 0.25) is 0 Å². The summed E-state index contributed by atoms with van der Waals surface area (Å²) < 4.78 is 12.4. The van der Waals surface area contributed by atoms with Gasteiger partial charge in [0.1, 0.15) is 11.8 Å². The molecule has 0 fully saturated rings. The first-order chi connectivity index (χ1) is 13.6. The molecule has 1 atom stereocenters. The summed E-state index contributed by atoms with van der Waals surface area (Å²) >= 11 is 1.62. The van der Waals surface area contributed by atoms with Crippen LogP contribution in [0.3, 0.4) is 0 Å². The molecule has 2 aromatic rings. The van der Waals surface area contributed by atoms with Gasteiger partial charge >= 0.3 is 5.97 Å². The molecule has 0 radical (unpaired) electrons. The molecule has 1 aromatic carbocycles. The fraction of sp³-hybridized carbons (Fsp3) is 0.450. The SMILES string of the molecule is CCCCSc1nc2n(n1)C(c1ccc(OCC)cc1)C(C(=O)OC)=C(C)N2. The zero-order valence-corrected chi connectivity index (χ0v) is 17.5. The maximum atomic E-state index is 12.5. The van der Waals surface area contributed by atoms with E-state index >= 15 is 0 Å². The van der Waals surface area contributed by atoms with E-state index in [2.05, 4.69) is 22.3 Å². The lowest BCUT2D eigenvalue weighted by Gasteiger charge is -2.27. The summed E-state index contributed by atoms with van der Waals surface area (Å²) in [5, 5.41) is 8.57. The number of hydrogen-bond acceptors (Lipinski definition) is 7. The topological polar surface area (TPSA) is 78.3 Å². The van der Waals surface area contributed by atoms with Crippen molar-refractivity contribution in [2.45, 2.75) is 44.8 Å². The van der Waals surface area contributed by atoms with Crippen molar-refractivity contribution in [1.82, 2.24) is 14.8 Å². The Morgan fingerprint density at radius 2 is 2.04 bits per heavy atom. The third kappa shape index (κ3) is 4.16. The molecule has 28 heavy (non-hydrogen) atoms. The van der Waals surface area contributed by atoms with Gasteiger partial charge < -0.3 is 14.8 Å². The Morgan fingerprint density at radius 1 is 1.29 bits per heavy atom. The van der Waals surface area contributed by atoms with Gasteiger partial charge in [-0.15, -0.1) is 5.10 Å². The number of nitrogens with zero attached hydrogens (tertiary/aromatic N) is 3. The quantitative estimate of drug-likeness (QED) is 0.406. The van der Waals surface area contributed by atoms with E-state index in [1.807, 2.05) is 38.1 Å². The standard InChI is InChI=1S/C20H26N4O3S/c1-5-7-12-28-20-22-19-21-13(3)16(18(25)26-4)17(24(19)23-20)14-8-10-15(11-9-14)27-6-2/h8-11,17H,5-7,12H2,1-4H3,(H,21,22,23). The van der Waals surface area contributed by atoms with Crippen molar-refractivity contribution in [2.75, 3.05) is 24.8 Å². The third-order valence-corrected chi connectivity index (χ3v) is 5.40. The first kappa shape index (κ1) is 20.3. The van der Waals surface area contributed by atoms with Gasteiger partial charge in [0, 0.05) is 11.4 Å². The predicted molar refractivity (Wildman–Crippen MR) is 110 cm³/mol. The molecule has 0 saturated heterocycles. The number of ether oxygens (including phenoxy) is 2. The highest BCUT2D eigenvalue weighted by Crippen LogP contribution is 2.37. The Labute approximate surface area is 169 Å². The minimum atomic E-state index is -0.410. The molecule has 1 aromatic heterocycles. The summed E-state index contributed by atoms with van der Waals surface area (Å²) in [7, 11) is 1.39. The highest BCUT2D eigenvalue weighted by molar-refractivity contribution is 7.99. The van der Waals surface area contributed by atoms with Crippen LogP contribution in [0.15, 0.2) is 40.7 Å². The summed E-state index contributed by atoms with van der Waals surface area (Å²) in [4.78, 5) is 17.2. The van der Waals surface area contributed by atoms with Crippen molar-refractivity contribution < 1.29 is 14.3 Å². The van der Waals surface area contributed by atoms with Crippen molar-refractivity contribution in [1.29, 1.82) is 0 Å². The maximum absolute atomic E-state index is 12.5. The molecule has 1 aliphatic heterocycles. The lowest BCUT2D eigenvalue weighted by molar-refractivity contribution is -0.136. The molecule has 0 saturated carbocycles. The number of methoxy groups -OCH3 is 1. The second-order valence-electron chi connectivity index (χ2n) is 6.42. The molecule has 3 rings (SSSR count). The van der Waals surface area contributed by atoms with E-state index in [9.17, 15) is 4.79 Å². The molecule has 0 bridgehead atoms. The van der Waals surface area contributed by atoms with Crippen LogP contribution >= 0.6 is 11.8 Å². The fourth-order valence-corrected chi connectivity index (χ4v) is 4.01. The van der Waals surface area contributed by atoms with Gasteiger partial charge in [0.25, 0.3) is 0 Å². The molecule has 1 aliphatic rings. The number of hydrogen-bond donors (Lipinski definition) is 1. The second kappa shape index (κ2) is 9.14. The number of esters is 1. The third-order valence-electron chi connectivity index (χ3n) is 4.47. The normalized spacial score (nSPS) is 15.8. The summed E-state index contributed by atoms with van der Waals surface area (Å²) in [6.45, 7) is 6.56. The molecule has 0 amide bonds. The van der Waals surface area contributed by atoms with Gasteiger partial charge in [-0.25, -0.2) is 9.48 Å². The van der Waals surface area contributed by atoms with Crippen LogP contribution in [0.4, 0.5) is 5.95 Å². The minimum absolute atomic E-state index is 0.384. The molecule has 7 nitrogen and oxygen atoms in total. The van der Waals surface area contributed by atoms with E-state index in [0.29, 0.717) is 23.3 Å². The average Bonchev–Trinajstić information content (AvgIpc) is 3.09. The van der Waals surface area contributed by atoms with Gasteiger partial charge in [-0.3, -0.25) is 0 Å². The molecule has 150 valence electrons. The van der Waals surface area contributed by atoms with Crippen molar-refractivity contribution in [2.24, 2.45) is 0 Å². The number of fused-ring (bicyclic) bond motifs is 1. The van der Waals surface area contributed by atoms with Crippen molar-refractivity contribution >= 4 is 23.7 Å². The zero-order valence-electron chi connectivity index (χ0n) is 16.7. The molecule has 8 heteroatoms. The number of nitrogens with one attached hydrogen (secondary N) is 1. The second-order valence-corrected chi connectivity index (χ2v) is 7.49. The summed E-state index contributed by atoms with van der Waals surface area (Å²) in [6, 6.07) is 7.29. The maximum Gasteiger partial charge on any atom is 0.338 e. The van der Waals surface area contributed by atoms with Gasteiger partial charge in [-0.05, 0) is 38.0 Å². The molecule has 1 N–H and O–H groups in total. The van der Waals surface area contributed by atoms with E-state index in [4.69, 9.17) is 9.47 Å². The van der Waals surface area contributed by atoms with E-state index in [-0.39, 0.29) is 5.97 Å². The van der Waals surface area contributed by atoms with Crippen molar-refractivity contribution in [3.8, 4) is 5.75 Å². The van der Waals surface area contributed by atoms with E-state index in [0.717, 1.165) is 35.6 Å². The largest absolute Gasteiger partial charge is 0.494 e. The number of unbranched alkanes of at least 4 members (excludes halogenated alkanes) is 1. The van der Waals surface area contributed by atoms with E-state index in [1.54, 1.807) is 16.4 Å². The van der Waals surface area contributed by atoms with Crippen LogP contribution < -0.4 is 10.1 Å². The monoisotopic (exact) mass is 402 g/mol. The Hall–Kier alpha value is -2.48. The smallest absolute Gasteiger partial charge is 0.338 e. The number of carbonyl (C=O) groups is 1. The summed E-state index contributed by atoms with van der Waals surface area (Å²) in [5.74, 6) is 1.99. The minimum Gasteiger partial charge on any atom is -0.494 e. The number of benzene rings is 1. The number of anilines is 1. The predicted octanol–water partition coefficient (Wildman–Crippen LogP) is 4.03. The van der Waals surface area contributed by atoms with Crippen LogP contribution in [0.1, 0.15) is 45.2 Å². The molecule has 0 spiro atoms. The number of carbonyl (C=O) groups excluding carboxylic acids is 1. The van der Waals surface area contributed by atoms with Gasteiger partial charge in [0.05, 0.1) is 19.3 Å². The number of rotatable bonds is 8. The van der Waals surface area contributed by atoms with Crippen LogP contribution in [-0.2, 0) is 9.53 Å². The van der Waals surface area contributed by atoms with Crippen LogP contribution in [0, 0.1) is 0 Å². The zero-order chi connectivity index (χ0) is 20.1. The van der Waals surface area contributed by atoms with Gasteiger partial charge in [0.2, 0.25) is 11.1 Å². The Balaban J connectivity index is 2.01. The van der Waals surface area contributed by atoms with Crippen LogP contribution in [-0.4, -0.2) is 40.2 Å². The molecule has 1 unspecified atom stereocenters. The van der Waals surface area contributed by atoms with Crippen molar-refractivity contribution in [3.63, 3.8) is 0 Å². The Kier molecular flexibility index (Phi) is 6.61. The first-order valence-corrected chi connectivity index (χ1v) is 10.5. The number of allylic oxidation sites excluding steroid dienone is 1. The Bertz CT molecular complexity index is 861. The lowest BCUT2D eigenvalue weighted by Crippen LogP contribution is -2.29. The van der Waals surface area contributed by atoms with Crippen LogP contribution in [0.5, 0.6) is 5.75 Å². The highest BCUT2D eigenvalue weighted by atomic mass is 32.2. The van der Waals surface area contributed by atoms with Crippen LogP contribution in [0.25, 0.3) is 0 Å². The van der Waals surface area contributed by atoms with Gasteiger partial charge in [-0.2, -0.15) is 4.98 Å². The number of aromatic nitrogens is 3.